The molecule has 0 atom stereocenters. The van der Waals surface area contributed by atoms with Gasteiger partial charge in [0.2, 0.25) is 0 Å². The molecule has 2 heterocycles. The van der Waals surface area contributed by atoms with Gasteiger partial charge < -0.3 is 9.47 Å². The Kier molecular flexibility index (Phi) is 2.70. The summed E-state index contributed by atoms with van der Waals surface area (Å²) in [4.78, 5) is 6.86. The highest BCUT2D eigenvalue weighted by Crippen LogP contribution is 2.34. The highest BCUT2D eigenvalue weighted by Gasteiger charge is 2.30. The second-order valence-electron chi connectivity index (χ2n) is 5.66. The molecule has 0 saturated carbocycles. The van der Waals surface area contributed by atoms with Gasteiger partial charge in [-0.05, 0) is 31.9 Å². The molecule has 19 heavy (non-hydrogen) atoms. The maximum Gasteiger partial charge on any atom is 0.112 e. The minimum Gasteiger partial charge on any atom is -0.370 e. The number of nitriles is 1. The molecular weight excluding hydrogens is 236 g/mol. The maximum atomic E-state index is 9.20. The summed E-state index contributed by atoms with van der Waals surface area (Å²) in [5.74, 6) is 0. The van der Waals surface area contributed by atoms with E-state index < -0.39 is 0 Å². The number of piperidine rings is 1. The molecule has 2 aromatic rings. The van der Waals surface area contributed by atoms with E-state index in [-0.39, 0.29) is 5.41 Å². The molecule has 1 saturated heterocycles. The molecule has 1 aromatic heterocycles. The van der Waals surface area contributed by atoms with Crippen LogP contribution in [0.5, 0.6) is 0 Å². The van der Waals surface area contributed by atoms with Crippen LogP contribution in [-0.2, 0) is 7.05 Å². The quantitative estimate of drug-likeness (QED) is 0.786. The van der Waals surface area contributed by atoms with Crippen molar-refractivity contribution in [1.82, 2.24) is 9.55 Å². The number of hydrogen-bond donors (Lipinski definition) is 0. The molecule has 1 aliphatic heterocycles. The summed E-state index contributed by atoms with van der Waals surface area (Å²) < 4.78 is 2.04. The first-order valence-corrected chi connectivity index (χ1v) is 6.69. The van der Waals surface area contributed by atoms with E-state index in [1.807, 2.05) is 17.9 Å². The lowest BCUT2D eigenvalue weighted by molar-refractivity contribution is 0.337. The van der Waals surface area contributed by atoms with E-state index in [1.165, 1.54) is 5.69 Å². The van der Waals surface area contributed by atoms with Crippen molar-refractivity contribution in [2.75, 3.05) is 18.0 Å². The Labute approximate surface area is 113 Å². The van der Waals surface area contributed by atoms with Crippen LogP contribution >= 0.6 is 0 Å². The standard InChI is InChI=1S/C15H18N4/c1-15(10-16)6-8-19(9-7-15)13-5-3-4-12-14(13)17-11-18(12)2/h3-5,11H,6-9H2,1-2H3. The summed E-state index contributed by atoms with van der Waals surface area (Å²) in [5.41, 5.74) is 3.25. The van der Waals surface area contributed by atoms with Crippen molar-refractivity contribution in [3.05, 3.63) is 24.5 Å². The van der Waals surface area contributed by atoms with Gasteiger partial charge in [-0.2, -0.15) is 5.26 Å². The van der Waals surface area contributed by atoms with Crippen LogP contribution in [0, 0.1) is 16.7 Å². The van der Waals surface area contributed by atoms with Crippen molar-refractivity contribution in [1.29, 1.82) is 5.26 Å². The van der Waals surface area contributed by atoms with Crippen LogP contribution < -0.4 is 4.90 Å². The fourth-order valence-electron chi connectivity index (χ4n) is 2.75. The van der Waals surface area contributed by atoms with E-state index in [1.54, 1.807) is 0 Å². The van der Waals surface area contributed by atoms with Gasteiger partial charge >= 0.3 is 0 Å². The van der Waals surface area contributed by atoms with Crippen LogP contribution in [0.15, 0.2) is 24.5 Å². The molecule has 0 unspecified atom stereocenters. The molecule has 98 valence electrons. The van der Waals surface area contributed by atoms with Crippen LogP contribution in [-0.4, -0.2) is 22.6 Å². The van der Waals surface area contributed by atoms with Crippen LogP contribution in [0.4, 0.5) is 5.69 Å². The lowest BCUT2D eigenvalue weighted by Gasteiger charge is -2.36. The van der Waals surface area contributed by atoms with Crippen LogP contribution in [0.2, 0.25) is 0 Å². The van der Waals surface area contributed by atoms with E-state index in [0.29, 0.717) is 0 Å². The summed E-state index contributed by atoms with van der Waals surface area (Å²) in [6.07, 6.45) is 3.71. The lowest BCUT2D eigenvalue weighted by atomic mass is 9.82. The molecular formula is C15H18N4. The number of rotatable bonds is 1. The third-order valence-corrected chi connectivity index (χ3v) is 4.21. The Morgan fingerprint density at radius 2 is 2.05 bits per heavy atom. The molecule has 1 fully saturated rings. The zero-order valence-corrected chi connectivity index (χ0v) is 11.4. The zero-order chi connectivity index (χ0) is 13.5. The smallest absolute Gasteiger partial charge is 0.112 e. The highest BCUT2D eigenvalue weighted by atomic mass is 15.2. The topological polar surface area (TPSA) is 44.9 Å². The number of anilines is 1. The second-order valence-corrected chi connectivity index (χ2v) is 5.66. The molecule has 0 spiro atoms. The highest BCUT2D eigenvalue weighted by molar-refractivity contribution is 5.89. The van der Waals surface area contributed by atoms with E-state index in [4.69, 9.17) is 0 Å². The van der Waals surface area contributed by atoms with Gasteiger partial charge in [0.15, 0.2) is 0 Å². The number of aryl methyl sites for hydroxylation is 1. The molecule has 4 heteroatoms. The van der Waals surface area contributed by atoms with Gasteiger partial charge in [0.05, 0.1) is 29.0 Å². The molecule has 0 radical (unpaired) electrons. The Morgan fingerprint density at radius 3 is 2.74 bits per heavy atom. The Morgan fingerprint density at radius 1 is 1.32 bits per heavy atom. The average molecular weight is 254 g/mol. The summed E-state index contributed by atoms with van der Waals surface area (Å²) in [6.45, 7) is 3.92. The minimum atomic E-state index is -0.158. The van der Waals surface area contributed by atoms with Crippen molar-refractivity contribution in [3.63, 3.8) is 0 Å². The second kappa shape index (κ2) is 4.27. The normalized spacial score (nSPS) is 18.5. The van der Waals surface area contributed by atoms with Crippen LogP contribution in [0.3, 0.4) is 0 Å². The van der Waals surface area contributed by atoms with E-state index in [0.717, 1.165) is 37.0 Å². The summed E-state index contributed by atoms with van der Waals surface area (Å²) >= 11 is 0. The minimum absolute atomic E-state index is 0.158. The van der Waals surface area contributed by atoms with Crippen molar-refractivity contribution in [3.8, 4) is 6.07 Å². The van der Waals surface area contributed by atoms with Crippen molar-refractivity contribution in [2.24, 2.45) is 12.5 Å². The molecule has 0 aliphatic carbocycles. The van der Waals surface area contributed by atoms with E-state index >= 15 is 0 Å². The van der Waals surface area contributed by atoms with Crippen molar-refractivity contribution < 1.29 is 0 Å². The van der Waals surface area contributed by atoms with E-state index in [2.05, 4.69) is 41.1 Å². The fourth-order valence-corrected chi connectivity index (χ4v) is 2.75. The lowest BCUT2D eigenvalue weighted by Crippen LogP contribution is -2.38. The van der Waals surface area contributed by atoms with Gasteiger partial charge in [0.1, 0.15) is 5.52 Å². The fraction of sp³-hybridized carbons (Fsp3) is 0.467. The zero-order valence-electron chi connectivity index (χ0n) is 11.4. The third kappa shape index (κ3) is 1.95. The maximum absolute atomic E-state index is 9.20. The number of fused-ring (bicyclic) bond motifs is 1. The monoisotopic (exact) mass is 254 g/mol. The van der Waals surface area contributed by atoms with Gasteiger partial charge in [-0.3, -0.25) is 0 Å². The molecule has 0 amide bonds. The number of aromatic nitrogens is 2. The number of imidazole rings is 1. The average Bonchev–Trinajstić information content (AvgIpc) is 2.82. The van der Waals surface area contributed by atoms with Gasteiger partial charge in [0.25, 0.3) is 0 Å². The van der Waals surface area contributed by atoms with E-state index in [9.17, 15) is 5.26 Å². The molecule has 1 aliphatic rings. The number of para-hydroxylation sites is 1. The Balaban J connectivity index is 1.92. The van der Waals surface area contributed by atoms with Gasteiger partial charge in [-0.25, -0.2) is 4.98 Å². The van der Waals surface area contributed by atoms with Gasteiger partial charge in [-0.1, -0.05) is 6.07 Å². The molecule has 3 rings (SSSR count). The predicted octanol–water partition coefficient (Wildman–Crippen LogP) is 2.70. The SMILES string of the molecule is Cn1cnc2c(N3CCC(C)(C#N)CC3)cccc21. The molecule has 0 N–H and O–H groups in total. The van der Waals surface area contributed by atoms with Crippen molar-refractivity contribution in [2.45, 2.75) is 19.8 Å². The summed E-state index contributed by atoms with van der Waals surface area (Å²) in [6, 6.07) is 8.75. The third-order valence-electron chi connectivity index (χ3n) is 4.21. The molecule has 4 nitrogen and oxygen atoms in total. The summed E-state index contributed by atoms with van der Waals surface area (Å²) in [5, 5.41) is 9.20. The van der Waals surface area contributed by atoms with Crippen LogP contribution in [0.1, 0.15) is 19.8 Å². The number of hydrogen-bond acceptors (Lipinski definition) is 3. The summed E-state index contributed by atoms with van der Waals surface area (Å²) in [7, 11) is 2.02. The first kappa shape index (κ1) is 12.0. The predicted molar refractivity (Wildman–Crippen MR) is 75.9 cm³/mol. The van der Waals surface area contributed by atoms with Gasteiger partial charge in [-0.15, -0.1) is 0 Å². The Hall–Kier alpha value is -2.02. The number of nitrogens with zero attached hydrogens (tertiary/aromatic N) is 4. The first-order valence-electron chi connectivity index (χ1n) is 6.69. The van der Waals surface area contributed by atoms with Gasteiger partial charge in [0, 0.05) is 20.1 Å². The van der Waals surface area contributed by atoms with Crippen LogP contribution in [0.25, 0.3) is 11.0 Å². The molecule has 0 bridgehead atoms. The Bertz CT molecular complexity index is 642. The molecule has 1 aromatic carbocycles. The van der Waals surface area contributed by atoms with Crippen molar-refractivity contribution >= 4 is 16.7 Å². The first-order chi connectivity index (χ1) is 9.13. The number of benzene rings is 1. The largest absolute Gasteiger partial charge is 0.370 e.